The smallest absolute Gasteiger partial charge is 0.307 e. The third kappa shape index (κ3) is 5.89. The van der Waals surface area contributed by atoms with E-state index in [0.29, 0.717) is 18.4 Å². The van der Waals surface area contributed by atoms with Gasteiger partial charge in [-0.2, -0.15) is 0 Å². The second kappa shape index (κ2) is 10.5. The van der Waals surface area contributed by atoms with Crippen LogP contribution in [0.4, 0.5) is 16.2 Å². The van der Waals surface area contributed by atoms with Gasteiger partial charge in [0.2, 0.25) is 0 Å². The summed E-state index contributed by atoms with van der Waals surface area (Å²) in [7, 11) is 0. The standard InChI is InChI=1S/C27H33N3O3/c1-18(2)24-7-6-8-25(19(3)4)26(24)28-27(31)29(22-13-9-20(5)10-14-22)17-21-11-15-23(16-12-21)30(32)33/h7,9-16,18-19H,6,8,17H2,1-5H3,(H,28,31). The zero-order chi connectivity index (χ0) is 24.1. The Balaban J connectivity index is 1.95. The van der Waals surface area contributed by atoms with Crippen LogP contribution >= 0.6 is 0 Å². The Labute approximate surface area is 196 Å². The fourth-order valence-corrected chi connectivity index (χ4v) is 4.13. The van der Waals surface area contributed by atoms with E-state index in [1.54, 1.807) is 17.0 Å². The fourth-order valence-electron chi connectivity index (χ4n) is 4.13. The molecule has 0 saturated heterocycles. The average molecular weight is 448 g/mol. The van der Waals surface area contributed by atoms with Gasteiger partial charge < -0.3 is 5.32 Å². The van der Waals surface area contributed by atoms with Crippen molar-refractivity contribution in [3.05, 3.63) is 92.7 Å². The van der Waals surface area contributed by atoms with Crippen molar-refractivity contribution in [2.75, 3.05) is 4.90 Å². The van der Waals surface area contributed by atoms with Crippen LogP contribution < -0.4 is 10.2 Å². The first kappa shape index (κ1) is 24.2. The molecule has 2 amide bonds. The summed E-state index contributed by atoms with van der Waals surface area (Å²) >= 11 is 0. The number of anilines is 1. The van der Waals surface area contributed by atoms with Crippen LogP contribution in [-0.2, 0) is 6.54 Å². The van der Waals surface area contributed by atoms with Crippen molar-refractivity contribution in [2.24, 2.45) is 11.8 Å². The number of nitrogens with zero attached hydrogens (tertiary/aromatic N) is 2. The minimum Gasteiger partial charge on any atom is -0.307 e. The number of non-ortho nitro benzene ring substituents is 1. The van der Waals surface area contributed by atoms with Crippen molar-refractivity contribution in [3.63, 3.8) is 0 Å². The number of amides is 2. The van der Waals surface area contributed by atoms with Gasteiger partial charge in [0, 0.05) is 23.5 Å². The number of nitro benzene ring substituents is 1. The molecule has 174 valence electrons. The quantitative estimate of drug-likeness (QED) is 0.370. The second-order valence-corrected chi connectivity index (χ2v) is 9.18. The largest absolute Gasteiger partial charge is 0.326 e. The van der Waals surface area contributed by atoms with Gasteiger partial charge in [0.25, 0.3) is 5.69 Å². The summed E-state index contributed by atoms with van der Waals surface area (Å²) in [5.41, 5.74) is 6.12. The summed E-state index contributed by atoms with van der Waals surface area (Å²) in [6, 6.07) is 13.9. The fraction of sp³-hybridized carbons (Fsp3) is 0.370. The summed E-state index contributed by atoms with van der Waals surface area (Å²) in [6.07, 6.45) is 4.17. The molecule has 0 fully saturated rings. The molecule has 0 unspecified atom stereocenters. The van der Waals surface area contributed by atoms with Crippen molar-refractivity contribution < 1.29 is 9.72 Å². The van der Waals surface area contributed by atoms with Crippen LogP contribution in [0.25, 0.3) is 0 Å². The summed E-state index contributed by atoms with van der Waals surface area (Å²) in [6.45, 7) is 10.9. The normalized spacial score (nSPS) is 13.8. The van der Waals surface area contributed by atoms with Crippen molar-refractivity contribution in [1.29, 1.82) is 0 Å². The summed E-state index contributed by atoms with van der Waals surface area (Å²) in [5, 5.41) is 14.2. The Bertz CT molecular complexity index is 1060. The molecule has 0 bridgehead atoms. The molecule has 0 aliphatic heterocycles. The first-order valence-corrected chi connectivity index (χ1v) is 11.5. The van der Waals surface area contributed by atoms with Crippen LogP contribution in [0.15, 0.2) is 71.5 Å². The highest BCUT2D eigenvalue weighted by Crippen LogP contribution is 2.33. The lowest BCUT2D eigenvalue weighted by atomic mass is 9.84. The lowest BCUT2D eigenvalue weighted by Gasteiger charge is -2.30. The van der Waals surface area contributed by atoms with E-state index in [0.717, 1.165) is 35.4 Å². The molecule has 3 rings (SSSR count). The van der Waals surface area contributed by atoms with E-state index in [-0.39, 0.29) is 11.7 Å². The second-order valence-electron chi connectivity index (χ2n) is 9.18. The average Bonchev–Trinajstić information content (AvgIpc) is 2.78. The van der Waals surface area contributed by atoms with E-state index in [4.69, 9.17) is 0 Å². The molecule has 0 radical (unpaired) electrons. The Morgan fingerprint density at radius 3 is 2.21 bits per heavy atom. The number of carbonyl (C=O) groups excluding carboxylic acids is 1. The number of urea groups is 1. The SMILES string of the molecule is Cc1ccc(N(Cc2ccc([N+](=O)[O-])cc2)C(=O)NC2=C(C(C)C)CCC=C2C(C)C)cc1. The van der Waals surface area contributed by atoms with Gasteiger partial charge in [-0.25, -0.2) is 4.79 Å². The Kier molecular flexibility index (Phi) is 7.69. The molecule has 2 aromatic rings. The molecule has 0 spiro atoms. The molecule has 33 heavy (non-hydrogen) atoms. The molecule has 1 aliphatic rings. The van der Waals surface area contributed by atoms with Gasteiger partial charge in [-0.3, -0.25) is 15.0 Å². The van der Waals surface area contributed by atoms with Crippen LogP contribution in [0.3, 0.4) is 0 Å². The predicted octanol–water partition coefficient (Wildman–Crippen LogP) is 6.91. The molecule has 2 aromatic carbocycles. The van der Waals surface area contributed by atoms with Crippen LogP contribution in [0, 0.1) is 28.9 Å². The van der Waals surface area contributed by atoms with Crippen LogP contribution in [-0.4, -0.2) is 11.0 Å². The van der Waals surface area contributed by atoms with Gasteiger partial charge in [-0.05, 0) is 60.4 Å². The molecule has 1 N–H and O–H groups in total. The molecular weight excluding hydrogens is 414 g/mol. The summed E-state index contributed by atoms with van der Waals surface area (Å²) in [5.74, 6) is 0.641. The van der Waals surface area contributed by atoms with E-state index < -0.39 is 4.92 Å². The van der Waals surface area contributed by atoms with Gasteiger partial charge in [0.15, 0.2) is 0 Å². The zero-order valence-electron chi connectivity index (χ0n) is 20.1. The third-order valence-electron chi connectivity index (χ3n) is 6.02. The summed E-state index contributed by atoms with van der Waals surface area (Å²) < 4.78 is 0. The molecular formula is C27H33N3O3. The maximum absolute atomic E-state index is 13.7. The topological polar surface area (TPSA) is 75.5 Å². The number of allylic oxidation sites excluding steroid dienone is 3. The first-order valence-electron chi connectivity index (χ1n) is 11.5. The predicted molar refractivity (Wildman–Crippen MR) is 133 cm³/mol. The lowest BCUT2D eigenvalue weighted by Crippen LogP contribution is -2.41. The molecule has 0 atom stereocenters. The number of nitrogens with one attached hydrogen (secondary N) is 1. The Hall–Kier alpha value is -3.41. The maximum atomic E-state index is 13.7. The highest BCUT2D eigenvalue weighted by molar-refractivity contribution is 5.93. The number of benzene rings is 2. The number of carbonyl (C=O) groups is 1. The third-order valence-corrected chi connectivity index (χ3v) is 6.02. The van der Waals surface area contributed by atoms with E-state index in [2.05, 4.69) is 39.1 Å². The van der Waals surface area contributed by atoms with Crippen LogP contribution in [0.5, 0.6) is 0 Å². The highest BCUT2D eigenvalue weighted by Gasteiger charge is 2.25. The highest BCUT2D eigenvalue weighted by atomic mass is 16.6. The van der Waals surface area contributed by atoms with E-state index in [9.17, 15) is 14.9 Å². The number of nitro groups is 1. The monoisotopic (exact) mass is 447 g/mol. The number of hydrogen-bond donors (Lipinski definition) is 1. The van der Waals surface area contributed by atoms with Crippen LogP contribution in [0.2, 0.25) is 0 Å². The molecule has 0 aromatic heterocycles. The lowest BCUT2D eigenvalue weighted by molar-refractivity contribution is -0.384. The van der Waals surface area contributed by atoms with Gasteiger partial charge in [0.1, 0.15) is 0 Å². The van der Waals surface area contributed by atoms with Crippen molar-refractivity contribution in [1.82, 2.24) is 5.32 Å². The van der Waals surface area contributed by atoms with Crippen molar-refractivity contribution in [3.8, 4) is 0 Å². The minimum atomic E-state index is -0.420. The molecule has 6 heteroatoms. The van der Waals surface area contributed by atoms with Gasteiger partial charge >= 0.3 is 6.03 Å². The van der Waals surface area contributed by atoms with Gasteiger partial charge in [-0.1, -0.05) is 63.6 Å². The van der Waals surface area contributed by atoms with Gasteiger partial charge in [0.05, 0.1) is 11.5 Å². The molecule has 0 saturated carbocycles. The maximum Gasteiger partial charge on any atom is 0.326 e. The summed E-state index contributed by atoms with van der Waals surface area (Å²) in [4.78, 5) is 25.9. The van der Waals surface area contributed by atoms with Gasteiger partial charge in [-0.15, -0.1) is 0 Å². The number of hydrogen-bond acceptors (Lipinski definition) is 3. The molecule has 6 nitrogen and oxygen atoms in total. The van der Waals surface area contributed by atoms with E-state index in [1.807, 2.05) is 31.2 Å². The van der Waals surface area contributed by atoms with Crippen molar-refractivity contribution in [2.45, 2.75) is 54.0 Å². The molecule has 1 aliphatic carbocycles. The number of aryl methyl sites for hydroxylation is 1. The minimum absolute atomic E-state index is 0.0331. The van der Waals surface area contributed by atoms with E-state index in [1.165, 1.54) is 23.3 Å². The van der Waals surface area contributed by atoms with E-state index >= 15 is 0 Å². The zero-order valence-corrected chi connectivity index (χ0v) is 20.1. The Morgan fingerprint density at radius 2 is 1.67 bits per heavy atom. The van der Waals surface area contributed by atoms with Crippen LogP contribution in [0.1, 0.15) is 51.7 Å². The Morgan fingerprint density at radius 1 is 1.03 bits per heavy atom. The van der Waals surface area contributed by atoms with Crippen molar-refractivity contribution >= 4 is 17.4 Å². The first-order chi connectivity index (χ1) is 15.7. The molecule has 0 heterocycles. The number of rotatable bonds is 7.